The third-order valence-electron chi connectivity index (χ3n) is 2.99. The number of carbonyl (C=O) groups excluding carboxylic acids is 2. The fourth-order valence-electron chi connectivity index (χ4n) is 1.85. The molecule has 0 fully saturated rings. The molecule has 1 amide bonds. The van der Waals surface area contributed by atoms with Crippen molar-refractivity contribution >= 4 is 11.9 Å². The van der Waals surface area contributed by atoms with Crippen LogP contribution in [0.2, 0.25) is 0 Å². The van der Waals surface area contributed by atoms with Crippen molar-refractivity contribution in [3.63, 3.8) is 0 Å². The molecule has 0 aromatic heterocycles. The predicted octanol–water partition coefficient (Wildman–Crippen LogP) is 3.06. The number of benzene rings is 2. The molecule has 0 unspecified atom stereocenters. The lowest BCUT2D eigenvalue weighted by Gasteiger charge is -2.09. The number of alkyl halides is 3. The van der Waals surface area contributed by atoms with E-state index >= 15 is 0 Å². The molecule has 0 aliphatic rings. The zero-order valence-corrected chi connectivity index (χ0v) is 12.9. The van der Waals surface area contributed by atoms with E-state index in [-0.39, 0.29) is 18.7 Å². The molecular formula is C17H14F3NO4. The molecule has 0 atom stereocenters. The van der Waals surface area contributed by atoms with Gasteiger partial charge in [0.05, 0.1) is 0 Å². The van der Waals surface area contributed by atoms with Crippen LogP contribution in [0.5, 0.6) is 5.75 Å². The molecule has 1 N–H and O–H groups in total. The number of ether oxygens (including phenoxy) is 2. The lowest BCUT2D eigenvalue weighted by Crippen LogP contribution is -2.30. The maximum atomic E-state index is 12.1. The zero-order chi connectivity index (χ0) is 18.3. The molecule has 2 rings (SSSR count). The highest BCUT2D eigenvalue weighted by atomic mass is 19.4. The van der Waals surface area contributed by atoms with E-state index in [9.17, 15) is 22.8 Å². The monoisotopic (exact) mass is 353 g/mol. The molecule has 0 bridgehead atoms. The minimum atomic E-state index is -4.80. The summed E-state index contributed by atoms with van der Waals surface area (Å²) in [6.45, 7) is -0.272. The van der Waals surface area contributed by atoms with Crippen molar-refractivity contribution in [1.82, 2.24) is 5.32 Å². The van der Waals surface area contributed by atoms with Gasteiger partial charge in [-0.1, -0.05) is 30.3 Å². The van der Waals surface area contributed by atoms with Gasteiger partial charge in [0.2, 0.25) is 0 Å². The van der Waals surface area contributed by atoms with Crippen LogP contribution in [0.3, 0.4) is 0 Å². The van der Waals surface area contributed by atoms with Crippen LogP contribution in [-0.4, -0.2) is 24.8 Å². The molecule has 0 radical (unpaired) electrons. The van der Waals surface area contributed by atoms with E-state index in [2.05, 4.69) is 10.1 Å². The van der Waals surface area contributed by atoms with Gasteiger partial charge in [-0.2, -0.15) is 0 Å². The van der Waals surface area contributed by atoms with E-state index in [0.717, 1.165) is 29.8 Å². The first-order valence-corrected chi connectivity index (χ1v) is 7.17. The molecule has 2 aromatic carbocycles. The molecule has 8 heteroatoms. The predicted molar refractivity (Wildman–Crippen MR) is 81.7 cm³/mol. The van der Waals surface area contributed by atoms with Crippen LogP contribution >= 0.6 is 0 Å². The first-order valence-electron chi connectivity index (χ1n) is 7.17. The summed E-state index contributed by atoms with van der Waals surface area (Å²) in [6, 6.07) is 13.3. The van der Waals surface area contributed by atoms with Crippen LogP contribution in [0.15, 0.2) is 54.6 Å². The maximum Gasteiger partial charge on any atom is 0.573 e. The standard InChI is InChI=1S/C17H14F3NO4/c18-17(19,20)25-14-8-6-13(7-9-14)16(23)21-10-15(22)24-11-12-4-2-1-3-5-12/h1-9H,10-11H2,(H,21,23). The van der Waals surface area contributed by atoms with Gasteiger partial charge in [0.25, 0.3) is 5.91 Å². The van der Waals surface area contributed by atoms with Crippen LogP contribution in [0, 0.1) is 0 Å². The second-order valence-corrected chi connectivity index (χ2v) is 4.90. The maximum absolute atomic E-state index is 12.1. The van der Waals surface area contributed by atoms with Crippen LogP contribution in [0.1, 0.15) is 15.9 Å². The Morgan fingerprint density at radius 2 is 1.60 bits per heavy atom. The molecule has 0 saturated carbocycles. The quantitative estimate of drug-likeness (QED) is 0.811. The number of halogens is 3. The normalized spacial score (nSPS) is 10.8. The summed E-state index contributed by atoms with van der Waals surface area (Å²) in [5.41, 5.74) is 0.896. The Kier molecular flexibility index (Phi) is 5.99. The second kappa shape index (κ2) is 8.18. The summed E-state index contributed by atoms with van der Waals surface area (Å²) in [5, 5.41) is 2.33. The number of amides is 1. The number of carbonyl (C=O) groups is 2. The first kappa shape index (κ1) is 18.3. The number of hydrogen-bond acceptors (Lipinski definition) is 4. The van der Waals surface area contributed by atoms with E-state index in [1.54, 1.807) is 24.3 Å². The van der Waals surface area contributed by atoms with Crippen molar-refractivity contribution in [1.29, 1.82) is 0 Å². The Hall–Kier alpha value is -3.03. The van der Waals surface area contributed by atoms with Crippen molar-refractivity contribution < 1.29 is 32.2 Å². The van der Waals surface area contributed by atoms with Gasteiger partial charge in [0, 0.05) is 5.56 Å². The SMILES string of the molecule is O=C(CNC(=O)c1ccc(OC(F)(F)F)cc1)OCc1ccccc1. The molecule has 5 nitrogen and oxygen atoms in total. The topological polar surface area (TPSA) is 64.6 Å². The third-order valence-corrected chi connectivity index (χ3v) is 2.99. The molecule has 25 heavy (non-hydrogen) atoms. The molecule has 0 heterocycles. The van der Waals surface area contributed by atoms with Crippen molar-refractivity contribution in [2.24, 2.45) is 0 Å². The highest BCUT2D eigenvalue weighted by molar-refractivity contribution is 5.96. The lowest BCUT2D eigenvalue weighted by atomic mass is 10.2. The molecule has 2 aromatic rings. The van der Waals surface area contributed by atoms with Crippen LogP contribution in [-0.2, 0) is 16.1 Å². The molecule has 0 saturated heterocycles. The Balaban J connectivity index is 1.78. The van der Waals surface area contributed by atoms with E-state index in [0.29, 0.717) is 0 Å². The fraction of sp³-hybridized carbons (Fsp3) is 0.176. The number of hydrogen-bond donors (Lipinski definition) is 1. The van der Waals surface area contributed by atoms with Gasteiger partial charge in [-0.05, 0) is 29.8 Å². The Labute approximate surface area is 141 Å². The molecular weight excluding hydrogens is 339 g/mol. The fourth-order valence-corrected chi connectivity index (χ4v) is 1.85. The summed E-state index contributed by atoms with van der Waals surface area (Å²) in [7, 11) is 0. The summed E-state index contributed by atoms with van der Waals surface area (Å²) in [5.74, 6) is -1.68. The summed E-state index contributed by atoms with van der Waals surface area (Å²) in [4.78, 5) is 23.4. The summed E-state index contributed by atoms with van der Waals surface area (Å²) >= 11 is 0. The number of esters is 1. The van der Waals surface area contributed by atoms with Crippen LogP contribution in [0.4, 0.5) is 13.2 Å². The largest absolute Gasteiger partial charge is 0.573 e. The lowest BCUT2D eigenvalue weighted by molar-refractivity contribution is -0.274. The van der Waals surface area contributed by atoms with E-state index in [1.165, 1.54) is 0 Å². The smallest absolute Gasteiger partial charge is 0.460 e. The van der Waals surface area contributed by atoms with Gasteiger partial charge < -0.3 is 14.8 Å². The van der Waals surface area contributed by atoms with E-state index in [1.807, 2.05) is 6.07 Å². The van der Waals surface area contributed by atoms with Gasteiger partial charge in [0.15, 0.2) is 0 Å². The van der Waals surface area contributed by atoms with E-state index in [4.69, 9.17) is 4.74 Å². The summed E-state index contributed by atoms with van der Waals surface area (Å²) in [6.07, 6.45) is -4.80. The number of nitrogens with one attached hydrogen (secondary N) is 1. The summed E-state index contributed by atoms with van der Waals surface area (Å²) < 4.78 is 44.8. The van der Waals surface area contributed by atoms with Gasteiger partial charge in [-0.25, -0.2) is 0 Å². The molecule has 132 valence electrons. The van der Waals surface area contributed by atoms with E-state index < -0.39 is 24.0 Å². The molecule has 0 aliphatic heterocycles. The average Bonchev–Trinajstić information content (AvgIpc) is 2.58. The zero-order valence-electron chi connectivity index (χ0n) is 12.9. The highest BCUT2D eigenvalue weighted by Crippen LogP contribution is 2.22. The highest BCUT2D eigenvalue weighted by Gasteiger charge is 2.31. The Bertz CT molecular complexity index is 715. The Morgan fingerprint density at radius 1 is 0.960 bits per heavy atom. The minimum Gasteiger partial charge on any atom is -0.460 e. The van der Waals surface area contributed by atoms with Crippen molar-refractivity contribution in [3.8, 4) is 5.75 Å². The minimum absolute atomic E-state index is 0.0824. The van der Waals surface area contributed by atoms with Gasteiger partial charge in [-0.3, -0.25) is 9.59 Å². The first-order chi connectivity index (χ1) is 11.8. The average molecular weight is 353 g/mol. The van der Waals surface area contributed by atoms with Crippen molar-refractivity contribution in [2.45, 2.75) is 13.0 Å². The van der Waals surface area contributed by atoms with Crippen molar-refractivity contribution in [2.75, 3.05) is 6.54 Å². The third kappa shape index (κ3) is 6.54. The van der Waals surface area contributed by atoms with Crippen LogP contribution < -0.4 is 10.1 Å². The van der Waals surface area contributed by atoms with Crippen molar-refractivity contribution in [3.05, 3.63) is 65.7 Å². The van der Waals surface area contributed by atoms with Gasteiger partial charge >= 0.3 is 12.3 Å². The molecule has 0 spiro atoms. The van der Waals surface area contributed by atoms with Gasteiger partial charge in [0.1, 0.15) is 18.9 Å². The second-order valence-electron chi connectivity index (χ2n) is 4.90. The van der Waals surface area contributed by atoms with Gasteiger partial charge in [-0.15, -0.1) is 13.2 Å². The number of rotatable bonds is 6. The molecule has 0 aliphatic carbocycles. The van der Waals surface area contributed by atoms with Crippen LogP contribution in [0.25, 0.3) is 0 Å². The Morgan fingerprint density at radius 3 is 2.20 bits per heavy atom.